The van der Waals surface area contributed by atoms with Gasteiger partial charge in [-0.2, -0.15) is 0 Å². The molecule has 2 rings (SSSR count). The van der Waals surface area contributed by atoms with Crippen LogP contribution in [0.4, 0.5) is 4.39 Å². The number of rotatable bonds is 3. The number of aryl methyl sites for hydroxylation is 1. The summed E-state index contributed by atoms with van der Waals surface area (Å²) < 4.78 is 36.3. The van der Waals surface area contributed by atoms with Gasteiger partial charge in [-0.3, -0.25) is 0 Å². The van der Waals surface area contributed by atoms with Crippen molar-refractivity contribution in [3.8, 4) is 0 Å². The molecule has 0 aliphatic carbocycles. The highest BCUT2D eigenvalue weighted by Gasteiger charge is 2.41. The molecule has 0 radical (unpaired) electrons. The van der Waals surface area contributed by atoms with Gasteiger partial charge in [0.2, 0.25) is 0 Å². The molecule has 3 nitrogen and oxygen atoms in total. The first kappa shape index (κ1) is 13.5. The third-order valence-corrected chi connectivity index (χ3v) is 5.65. The predicted octanol–water partition coefficient (Wildman–Crippen LogP) is 1.44. The van der Waals surface area contributed by atoms with E-state index in [0.717, 1.165) is 11.1 Å². The van der Waals surface area contributed by atoms with Crippen LogP contribution in [0.1, 0.15) is 17.5 Å². The van der Waals surface area contributed by atoms with Crippen LogP contribution >= 0.6 is 0 Å². The van der Waals surface area contributed by atoms with Gasteiger partial charge < -0.3 is 5.73 Å². The van der Waals surface area contributed by atoms with E-state index in [9.17, 15) is 12.8 Å². The van der Waals surface area contributed by atoms with Crippen LogP contribution in [0.3, 0.4) is 0 Å². The lowest BCUT2D eigenvalue weighted by molar-refractivity contribution is 0.344. The van der Waals surface area contributed by atoms with E-state index >= 15 is 0 Å². The van der Waals surface area contributed by atoms with Gasteiger partial charge in [0.05, 0.1) is 11.5 Å². The third-order valence-electron chi connectivity index (χ3n) is 3.77. The number of nitrogens with two attached hydrogens (primary N) is 1. The van der Waals surface area contributed by atoms with Gasteiger partial charge in [0.1, 0.15) is 5.82 Å². The van der Waals surface area contributed by atoms with Gasteiger partial charge >= 0.3 is 0 Å². The molecule has 1 aromatic carbocycles. The highest BCUT2D eigenvalue weighted by Crippen LogP contribution is 2.35. The van der Waals surface area contributed by atoms with Gasteiger partial charge in [0.15, 0.2) is 9.84 Å². The van der Waals surface area contributed by atoms with Gasteiger partial charge in [-0.1, -0.05) is 6.07 Å². The summed E-state index contributed by atoms with van der Waals surface area (Å²) in [4.78, 5) is 0. The molecular formula is C13H18FNO2S. The molecule has 0 bridgehead atoms. The summed E-state index contributed by atoms with van der Waals surface area (Å²) in [6, 6.07) is 4.62. The Hall–Kier alpha value is -0.940. The minimum atomic E-state index is -2.96. The van der Waals surface area contributed by atoms with E-state index in [0.29, 0.717) is 19.4 Å². The molecule has 0 saturated carbocycles. The summed E-state index contributed by atoms with van der Waals surface area (Å²) in [6.07, 6.45) is 1.21. The fraction of sp³-hybridized carbons (Fsp3) is 0.538. The molecule has 1 saturated heterocycles. The molecule has 1 aliphatic rings. The Morgan fingerprint density at radius 2 is 2.17 bits per heavy atom. The molecule has 1 aliphatic heterocycles. The maximum atomic E-state index is 13.0. The Morgan fingerprint density at radius 1 is 1.44 bits per heavy atom. The number of sulfone groups is 1. The largest absolute Gasteiger partial charge is 0.330 e. The van der Waals surface area contributed by atoms with Crippen molar-refractivity contribution >= 4 is 9.84 Å². The lowest BCUT2D eigenvalue weighted by Gasteiger charge is -2.26. The molecule has 0 amide bonds. The maximum absolute atomic E-state index is 13.0. The summed E-state index contributed by atoms with van der Waals surface area (Å²) in [5, 5.41) is 0. The Balaban J connectivity index is 2.26. The van der Waals surface area contributed by atoms with Crippen LogP contribution in [-0.4, -0.2) is 26.5 Å². The van der Waals surface area contributed by atoms with Crippen molar-refractivity contribution in [1.29, 1.82) is 0 Å². The highest BCUT2D eigenvalue weighted by atomic mass is 32.2. The number of benzene rings is 1. The van der Waals surface area contributed by atoms with E-state index in [1.165, 1.54) is 12.1 Å². The van der Waals surface area contributed by atoms with Crippen LogP contribution < -0.4 is 5.73 Å². The zero-order chi connectivity index (χ0) is 13.4. The molecule has 5 heteroatoms. The monoisotopic (exact) mass is 271 g/mol. The topological polar surface area (TPSA) is 60.2 Å². The van der Waals surface area contributed by atoms with Gasteiger partial charge in [-0.25, -0.2) is 12.8 Å². The normalized spacial score (nSPS) is 26.4. The van der Waals surface area contributed by atoms with E-state index in [1.807, 2.05) is 6.92 Å². The van der Waals surface area contributed by atoms with E-state index in [4.69, 9.17) is 5.73 Å². The lowest BCUT2D eigenvalue weighted by atomic mass is 9.80. The average molecular weight is 271 g/mol. The second-order valence-corrected chi connectivity index (χ2v) is 7.48. The van der Waals surface area contributed by atoms with E-state index in [2.05, 4.69) is 0 Å². The van der Waals surface area contributed by atoms with Crippen molar-refractivity contribution < 1.29 is 12.8 Å². The van der Waals surface area contributed by atoms with Gasteiger partial charge in [0.25, 0.3) is 0 Å². The smallest absolute Gasteiger partial charge is 0.150 e. The summed E-state index contributed by atoms with van der Waals surface area (Å²) in [7, 11) is -2.96. The summed E-state index contributed by atoms with van der Waals surface area (Å²) in [6.45, 7) is 2.19. The number of halogens is 1. The summed E-state index contributed by atoms with van der Waals surface area (Å²) >= 11 is 0. The number of hydrogen-bond acceptors (Lipinski definition) is 3. The summed E-state index contributed by atoms with van der Waals surface area (Å²) in [5.41, 5.74) is 7.24. The molecule has 0 spiro atoms. The van der Waals surface area contributed by atoms with Crippen LogP contribution in [0.15, 0.2) is 18.2 Å². The first-order valence-corrected chi connectivity index (χ1v) is 7.84. The van der Waals surface area contributed by atoms with Crippen LogP contribution in [0.2, 0.25) is 0 Å². The highest BCUT2D eigenvalue weighted by molar-refractivity contribution is 7.91. The molecule has 0 aromatic heterocycles. The Bertz CT molecular complexity index is 556. The fourth-order valence-electron chi connectivity index (χ4n) is 2.62. The van der Waals surface area contributed by atoms with Crippen molar-refractivity contribution in [2.45, 2.75) is 19.8 Å². The third kappa shape index (κ3) is 2.72. The number of hydrogen-bond donors (Lipinski definition) is 1. The standard InChI is InChI=1S/C13H18FNO2S/c1-10-6-12(14)3-2-11(10)7-13(8-15)4-5-18(16,17)9-13/h2-3,6H,4-5,7-9,15H2,1H3. The maximum Gasteiger partial charge on any atom is 0.150 e. The van der Waals surface area contributed by atoms with Crippen LogP contribution in [0.5, 0.6) is 0 Å². The zero-order valence-corrected chi connectivity index (χ0v) is 11.3. The van der Waals surface area contributed by atoms with Crippen molar-refractivity contribution in [3.63, 3.8) is 0 Å². The van der Waals surface area contributed by atoms with Crippen LogP contribution in [0, 0.1) is 18.2 Å². The summed E-state index contributed by atoms with van der Waals surface area (Å²) in [5.74, 6) is 0.0923. The Kier molecular flexibility index (Phi) is 3.47. The molecule has 1 fully saturated rings. The van der Waals surface area contributed by atoms with E-state index in [-0.39, 0.29) is 22.7 Å². The Labute approximate surface area is 107 Å². The zero-order valence-electron chi connectivity index (χ0n) is 10.4. The molecule has 1 unspecified atom stereocenters. The first-order valence-electron chi connectivity index (χ1n) is 6.01. The second-order valence-electron chi connectivity index (χ2n) is 5.29. The molecule has 100 valence electrons. The lowest BCUT2D eigenvalue weighted by Crippen LogP contribution is -2.34. The van der Waals surface area contributed by atoms with Gasteiger partial charge in [-0.15, -0.1) is 0 Å². The second kappa shape index (κ2) is 4.63. The van der Waals surface area contributed by atoms with Crippen LogP contribution in [0.25, 0.3) is 0 Å². The minimum absolute atomic E-state index is 0.146. The predicted molar refractivity (Wildman–Crippen MR) is 69.6 cm³/mol. The molecule has 2 N–H and O–H groups in total. The van der Waals surface area contributed by atoms with Gasteiger partial charge in [0, 0.05) is 5.41 Å². The first-order chi connectivity index (χ1) is 8.36. The van der Waals surface area contributed by atoms with E-state index < -0.39 is 9.84 Å². The molecule has 1 atom stereocenters. The van der Waals surface area contributed by atoms with Crippen LogP contribution in [-0.2, 0) is 16.3 Å². The Morgan fingerprint density at radius 3 is 2.67 bits per heavy atom. The van der Waals surface area contributed by atoms with E-state index in [1.54, 1.807) is 6.07 Å². The van der Waals surface area contributed by atoms with Crippen molar-refractivity contribution in [3.05, 3.63) is 35.1 Å². The quantitative estimate of drug-likeness (QED) is 0.905. The SMILES string of the molecule is Cc1cc(F)ccc1CC1(CN)CCS(=O)(=O)C1. The van der Waals surface area contributed by atoms with Crippen molar-refractivity contribution in [1.82, 2.24) is 0 Å². The minimum Gasteiger partial charge on any atom is -0.330 e. The fourth-order valence-corrected chi connectivity index (χ4v) is 4.80. The van der Waals surface area contributed by atoms with Crippen molar-refractivity contribution in [2.24, 2.45) is 11.1 Å². The molecular weight excluding hydrogens is 253 g/mol. The van der Waals surface area contributed by atoms with Crippen molar-refractivity contribution in [2.75, 3.05) is 18.1 Å². The molecule has 18 heavy (non-hydrogen) atoms. The average Bonchev–Trinajstić information content (AvgIpc) is 2.59. The van der Waals surface area contributed by atoms with Gasteiger partial charge in [-0.05, 0) is 49.6 Å². The molecule has 1 aromatic rings. The molecule has 1 heterocycles.